The SMILES string of the molecule is CCC[C@@]1(CCc2ccccc2)CC(O)=C([C@H](CC)c2cccc(N)c2)C(O)O1. The fourth-order valence-corrected chi connectivity index (χ4v) is 4.57. The molecule has 1 unspecified atom stereocenters. The largest absolute Gasteiger partial charge is 0.512 e. The van der Waals surface area contributed by atoms with E-state index in [1.807, 2.05) is 49.4 Å². The molecule has 0 aromatic heterocycles. The smallest absolute Gasteiger partial charge is 0.181 e. The molecule has 1 aliphatic heterocycles. The van der Waals surface area contributed by atoms with Gasteiger partial charge in [0, 0.05) is 23.6 Å². The monoisotopic (exact) mass is 395 g/mol. The van der Waals surface area contributed by atoms with E-state index in [-0.39, 0.29) is 11.7 Å². The topological polar surface area (TPSA) is 75.7 Å². The summed E-state index contributed by atoms with van der Waals surface area (Å²) >= 11 is 0. The van der Waals surface area contributed by atoms with Crippen LogP contribution in [0.2, 0.25) is 0 Å². The van der Waals surface area contributed by atoms with Crippen LogP contribution in [0.1, 0.15) is 63.0 Å². The molecule has 3 atom stereocenters. The van der Waals surface area contributed by atoms with Crippen molar-refractivity contribution in [1.29, 1.82) is 0 Å². The van der Waals surface area contributed by atoms with Crippen LogP contribution in [0.3, 0.4) is 0 Å². The van der Waals surface area contributed by atoms with E-state index in [4.69, 9.17) is 10.5 Å². The van der Waals surface area contributed by atoms with Crippen LogP contribution in [-0.2, 0) is 11.2 Å². The average molecular weight is 396 g/mol. The van der Waals surface area contributed by atoms with Crippen LogP contribution in [0.25, 0.3) is 0 Å². The van der Waals surface area contributed by atoms with Gasteiger partial charge in [-0.15, -0.1) is 0 Å². The predicted octanol–water partition coefficient (Wildman–Crippen LogP) is 5.48. The number of nitrogens with two attached hydrogens (primary N) is 1. The summed E-state index contributed by atoms with van der Waals surface area (Å²) in [5, 5.41) is 22.0. The van der Waals surface area contributed by atoms with E-state index in [1.165, 1.54) is 5.56 Å². The molecular formula is C25H33NO3. The molecule has 4 N–H and O–H groups in total. The summed E-state index contributed by atoms with van der Waals surface area (Å²) in [6.45, 7) is 4.15. The Morgan fingerprint density at radius 1 is 1.10 bits per heavy atom. The van der Waals surface area contributed by atoms with Crippen LogP contribution in [0.15, 0.2) is 65.9 Å². The summed E-state index contributed by atoms with van der Waals surface area (Å²) in [6.07, 6.45) is 3.39. The van der Waals surface area contributed by atoms with E-state index in [2.05, 4.69) is 19.1 Å². The maximum absolute atomic E-state index is 11.0. The van der Waals surface area contributed by atoms with Gasteiger partial charge in [-0.25, -0.2) is 0 Å². The van der Waals surface area contributed by atoms with Crippen molar-refractivity contribution >= 4 is 5.69 Å². The zero-order valence-electron chi connectivity index (χ0n) is 17.5. The number of anilines is 1. The number of ether oxygens (including phenoxy) is 1. The van der Waals surface area contributed by atoms with E-state index < -0.39 is 11.9 Å². The highest BCUT2D eigenvalue weighted by atomic mass is 16.6. The molecule has 0 fully saturated rings. The van der Waals surface area contributed by atoms with Crippen LogP contribution in [0.5, 0.6) is 0 Å². The lowest BCUT2D eigenvalue weighted by molar-refractivity contribution is -0.189. The lowest BCUT2D eigenvalue weighted by Crippen LogP contribution is -2.43. The number of hydrogen-bond acceptors (Lipinski definition) is 4. The number of hydrogen-bond donors (Lipinski definition) is 3. The number of aryl methyl sites for hydroxylation is 1. The maximum atomic E-state index is 11.0. The highest BCUT2D eigenvalue weighted by molar-refractivity contribution is 5.44. The van der Waals surface area contributed by atoms with Crippen LogP contribution in [0, 0.1) is 0 Å². The summed E-state index contributed by atoms with van der Waals surface area (Å²) in [5.74, 6) is 0.141. The van der Waals surface area contributed by atoms with Gasteiger partial charge in [0.05, 0.1) is 11.4 Å². The second-order valence-corrected chi connectivity index (χ2v) is 8.10. The molecule has 1 aliphatic rings. The Bertz CT molecular complexity index is 833. The maximum Gasteiger partial charge on any atom is 0.181 e. The molecule has 2 aromatic rings. The molecule has 0 saturated carbocycles. The van der Waals surface area contributed by atoms with E-state index >= 15 is 0 Å². The van der Waals surface area contributed by atoms with Gasteiger partial charge in [-0.05, 0) is 48.9 Å². The van der Waals surface area contributed by atoms with Crippen molar-refractivity contribution in [3.05, 3.63) is 77.1 Å². The minimum Gasteiger partial charge on any atom is -0.512 e. The molecule has 4 nitrogen and oxygen atoms in total. The van der Waals surface area contributed by atoms with Crippen molar-refractivity contribution in [2.45, 2.75) is 70.2 Å². The first kappa shape index (κ1) is 21.4. The molecule has 0 bridgehead atoms. The Balaban J connectivity index is 1.86. The molecule has 0 saturated heterocycles. The number of rotatable bonds is 8. The van der Waals surface area contributed by atoms with Gasteiger partial charge in [0.1, 0.15) is 0 Å². The summed E-state index contributed by atoms with van der Waals surface area (Å²) in [4.78, 5) is 0. The van der Waals surface area contributed by atoms with Crippen molar-refractivity contribution in [2.75, 3.05) is 5.73 Å². The third-order valence-corrected chi connectivity index (χ3v) is 5.96. The lowest BCUT2D eigenvalue weighted by atomic mass is 9.79. The standard InChI is InChI=1S/C25H33NO3/c1-3-14-25(15-13-18-9-6-5-7-10-18)17-22(27)23(24(28)29-25)21(4-2)19-11-8-12-20(26)16-19/h5-12,16,21,24,27-28H,3-4,13-15,17,26H2,1-2H3/t21-,24?,25-/m1/s1. The van der Waals surface area contributed by atoms with Gasteiger partial charge < -0.3 is 20.7 Å². The Morgan fingerprint density at radius 3 is 2.48 bits per heavy atom. The molecule has 2 aromatic carbocycles. The highest BCUT2D eigenvalue weighted by Gasteiger charge is 2.42. The fraction of sp³-hybridized carbons (Fsp3) is 0.440. The van der Waals surface area contributed by atoms with Gasteiger partial charge in [-0.2, -0.15) is 0 Å². The fourth-order valence-electron chi connectivity index (χ4n) is 4.57. The lowest BCUT2D eigenvalue weighted by Gasteiger charge is -2.42. The van der Waals surface area contributed by atoms with Crippen molar-refractivity contribution < 1.29 is 14.9 Å². The van der Waals surface area contributed by atoms with E-state index in [0.717, 1.165) is 37.7 Å². The second-order valence-electron chi connectivity index (χ2n) is 8.10. The Hall–Kier alpha value is -2.30. The first-order valence-corrected chi connectivity index (χ1v) is 10.6. The Morgan fingerprint density at radius 2 is 1.86 bits per heavy atom. The third kappa shape index (κ3) is 5.01. The molecule has 3 rings (SSSR count). The van der Waals surface area contributed by atoms with Gasteiger partial charge in [-0.3, -0.25) is 0 Å². The number of benzene rings is 2. The Kier molecular flexibility index (Phi) is 6.99. The first-order chi connectivity index (χ1) is 14.0. The molecule has 4 heteroatoms. The van der Waals surface area contributed by atoms with Gasteiger partial charge in [0.25, 0.3) is 0 Å². The zero-order valence-corrected chi connectivity index (χ0v) is 17.5. The molecule has 0 spiro atoms. The van der Waals surface area contributed by atoms with Gasteiger partial charge >= 0.3 is 0 Å². The van der Waals surface area contributed by atoms with Crippen molar-refractivity contribution in [1.82, 2.24) is 0 Å². The molecule has 0 radical (unpaired) electrons. The predicted molar refractivity (Wildman–Crippen MR) is 118 cm³/mol. The van der Waals surface area contributed by atoms with Crippen LogP contribution in [0.4, 0.5) is 5.69 Å². The average Bonchev–Trinajstić information content (AvgIpc) is 2.70. The zero-order chi connectivity index (χ0) is 20.9. The summed E-state index contributed by atoms with van der Waals surface area (Å²) < 4.78 is 6.26. The normalized spacial score (nSPS) is 23.2. The van der Waals surface area contributed by atoms with E-state index in [0.29, 0.717) is 17.7 Å². The van der Waals surface area contributed by atoms with E-state index in [9.17, 15) is 10.2 Å². The van der Waals surface area contributed by atoms with E-state index in [1.54, 1.807) is 0 Å². The second kappa shape index (κ2) is 9.47. The minimum absolute atomic E-state index is 0.123. The van der Waals surface area contributed by atoms with Gasteiger partial charge in [-0.1, -0.05) is 62.7 Å². The minimum atomic E-state index is -1.11. The van der Waals surface area contributed by atoms with Crippen molar-refractivity contribution in [3.8, 4) is 0 Å². The van der Waals surface area contributed by atoms with Crippen molar-refractivity contribution in [2.24, 2.45) is 0 Å². The van der Waals surface area contributed by atoms with Gasteiger partial charge in [0.15, 0.2) is 6.29 Å². The third-order valence-electron chi connectivity index (χ3n) is 5.96. The van der Waals surface area contributed by atoms with Crippen LogP contribution < -0.4 is 5.73 Å². The van der Waals surface area contributed by atoms with Crippen molar-refractivity contribution in [3.63, 3.8) is 0 Å². The molecule has 0 aliphatic carbocycles. The molecule has 156 valence electrons. The number of nitrogen functional groups attached to an aromatic ring is 1. The first-order valence-electron chi connectivity index (χ1n) is 10.6. The molecular weight excluding hydrogens is 362 g/mol. The summed E-state index contributed by atoms with van der Waals surface area (Å²) in [6, 6.07) is 17.9. The van der Waals surface area contributed by atoms with Gasteiger partial charge in [0.2, 0.25) is 0 Å². The summed E-state index contributed by atoms with van der Waals surface area (Å²) in [5.41, 5.74) is 8.88. The van der Waals surface area contributed by atoms with Crippen LogP contribution >= 0.6 is 0 Å². The van der Waals surface area contributed by atoms with Crippen LogP contribution in [-0.4, -0.2) is 22.1 Å². The highest BCUT2D eigenvalue weighted by Crippen LogP contribution is 2.43. The molecule has 0 amide bonds. The molecule has 29 heavy (non-hydrogen) atoms. The summed E-state index contributed by atoms with van der Waals surface area (Å²) in [7, 11) is 0. The molecule has 1 heterocycles. The quantitative estimate of drug-likeness (QED) is 0.517. The number of aliphatic hydroxyl groups is 2. The number of aliphatic hydroxyl groups excluding tert-OH is 2. The Labute approximate surface area is 174 Å².